The summed E-state index contributed by atoms with van der Waals surface area (Å²) in [7, 11) is 0. The molecule has 0 radical (unpaired) electrons. The molecule has 1 fully saturated rings. The molecule has 0 atom stereocenters. The molecule has 2 N–H and O–H groups in total. The zero-order valence-corrected chi connectivity index (χ0v) is 13.4. The molecule has 0 bridgehead atoms. The zero-order valence-electron chi connectivity index (χ0n) is 11.7. The van der Waals surface area contributed by atoms with Gasteiger partial charge in [-0.15, -0.1) is 24.8 Å². The molecule has 1 heterocycles. The second kappa shape index (κ2) is 10.00. The summed E-state index contributed by atoms with van der Waals surface area (Å²) in [5.41, 5.74) is 2.14. The van der Waals surface area contributed by atoms with Gasteiger partial charge in [0.1, 0.15) is 0 Å². The van der Waals surface area contributed by atoms with E-state index in [0.29, 0.717) is 6.54 Å². The van der Waals surface area contributed by atoms with Gasteiger partial charge in [-0.2, -0.15) is 0 Å². The summed E-state index contributed by atoms with van der Waals surface area (Å²) in [5, 5.41) is 6.24. The number of nitrogens with one attached hydrogen (secondary N) is 2. The van der Waals surface area contributed by atoms with Gasteiger partial charge in [0, 0.05) is 31.9 Å². The first-order valence-electron chi connectivity index (χ1n) is 6.60. The first-order valence-corrected chi connectivity index (χ1v) is 6.60. The minimum absolute atomic E-state index is 0. The van der Waals surface area contributed by atoms with Crippen LogP contribution in [0.5, 0.6) is 0 Å². The quantitative estimate of drug-likeness (QED) is 0.891. The van der Waals surface area contributed by atoms with E-state index in [2.05, 4.69) is 28.5 Å². The molecule has 0 spiro atoms. The number of aryl methyl sites for hydroxylation is 1. The molecule has 20 heavy (non-hydrogen) atoms. The minimum atomic E-state index is 0. The van der Waals surface area contributed by atoms with Gasteiger partial charge in [-0.05, 0) is 24.1 Å². The Bertz CT molecular complexity index is 409. The van der Waals surface area contributed by atoms with Crippen molar-refractivity contribution >= 4 is 36.4 Å². The van der Waals surface area contributed by atoms with Crippen LogP contribution in [0, 0.1) is 0 Å². The molecule has 2 rings (SSSR count). The Hall–Kier alpha value is -0.810. The SMILES string of the molecule is CCc1cccc(NC(=O)CN2CCNCC2)c1.Cl.Cl. The molecule has 114 valence electrons. The monoisotopic (exact) mass is 319 g/mol. The number of benzene rings is 1. The maximum atomic E-state index is 11.9. The third kappa shape index (κ3) is 6.09. The van der Waals surface area contributed by atoms with E-state index in [4.69, 9.17) is 0 Å². The first-order chi connectivity index (χ1) is 8.78. The van der Waals surface area contributed by atoms with Crippen LogP contribution in [0.3, 0.4) is 0 Å². The van der Waals surface area contributed by atoms with Gasteiger partial charge in [0.05, 0.1) is 6.54 Å². The molecule has 0 saturated carbocycles. The molecule has 1 aliphatic heterocycles. The van der Waals surface area contributed by atoms with Crippen molar-refractivity contribution in [3.63, 3.8) is 0 Å². The second-order valence-electron chi connectivity index (χ2n) is 4.63. The van der Waals surface area contributed by atoms with Crippen molar-refractivity contribution in [2.45, 2.75) is 13.3 Å². The summed E-state index contributed by atoms with van der Waals surface area (Å²) in [6.45, 7) is 6.43. The summed E-state index contributed by atoms with van der Waals surface area (Å²) in [6, 6.07) is 8.04. The topological polar surface area (TPSA) is 44.4 Å². The summed E-state index contributed by atoms with van der Waals surface area (Å²) >= 11 is 0. The van der Waals surface area contributed by atoms with E-state index in [1.165, 1.54) is 5.56 Å². The number of halogens is 2. The third-order valence-corrected chi connectivity index (χ3v) is 3.20. The van der Waals surface area contributed by atoms with Crippen LogP contribution < -0.4 is 10.6 Å². The molecule has 1 aromatic rings. The molecule has 0 aromatic heterocycles. The minimum Gasteiger partial charge on any atom is -0.325 e. The standard InChI is InChI=1S/C14H21N3O.2ClH/c1-2-12-4-3-5-13(10-12)16-14(18)11-17-8-6-15-7-9-17;;/h3-5,10,15H,2,6-9,11H2,1H3,(H,16,18);2*1H. The second-order valence-corrected chi connectivity index (χ2v) is 4.63. The Morgan fingerprint density at radius 2 is 2.00 bits per heavy atom. The number of amides is 1. The Kier molecular flexibility index (Phi) is 9.59. The number of carbonyl (C=O) groups excluding carboxylic acids is 1. The van der Waals surface area contributed by atoms with Crippen LogP contribution in [0.1, 0.15) is 12.5 Å². The van der Waals surface area contributed by atoms with Crippen LogP contribution in [-0.4, -0.2) is 43.5 Å². The molecule has 6 heteroatoms. The molecular formula is C14H23Cl2N3O. The molecule has 1 amide bonds. The van der Waals surface area contributed by atoms with Crippen LogP contribution >= 0.6 is 24.8 Å². The highest BCUT2D eigenvalue weighted by Gasteiger charge is 2.13. The van der Waals surface area contributed by atoms with E-state index in [1.807, 2.05) is 18.2 Å². The fourth-order valence-corrected chi connectivity index (χ4v) is 2.14. The van der Waals surface area contributed by atoms with Crippen molar-refractivity contribution in [2.75, 3.05) is 38.0 Å². The van der Waals surface area contributed by atoms with Gasteiger partial charge in [0.15, 0.2) is 0 Å². The van der Waals surface area contributed by atoms with Gasteiger partial charge in [-0.25, -0.2) is 0 Å². The molecule has 4 nitrogen and oxygen atoms in total. The van der Waals surface area contributed by atoms with Gasteiger partial charge < -0.3 is 10.6 Å². The summed E-state index contributed by atoms with van der Waals surface area (Å²) in [6.07, 6.45) is 0.988. The average molecular weight is 320 g/mol. The summed E-state index contributed by atoms with van der Waals surface area (Å²) in [4.78, 5) is 14.1. The highest BCUT2D eigenvalue weighted by Crippen LogP contribution is 2.11. The van der Waals surface area contributed by atoms with E-state index in [9.17, 15) is 4.79 Å². The number of anilines is 1. The van der Waals surface area contributed by atoms with E-state index in [-0.39, 0.29) is 30.7 Å². The largest absolute Gasteiger partial charge is 0.325 e. The van der Waals surface area contributed by atoms with Crippen molar-refractivity contribution in [3.8, 4) is 0 Å². The van der Waals surface area contributed by atoms with Crippen molar-refractivity contribution < 1.29 is 4.79 Å². The third-order valence-electron chi connectivity index (χ3n) is 3.20. The van der Waals surface area contributed by atoms with Gasteiger partial charge >= 0.3 is 0 Å². The molecule has 0 aliphatic carbocycles. The number of piperazine rings is 1. The number of nitrogens with zero attached hydrogens (tertiary/aromatic N) is 1. The Morgan fingerprint density at radius 3 is 2.65 bits per heavy atom. The number of hydrogen-bond donors (Lipinski definition) is 2. The van der Waals surface area contributed by atoms with Gasteiger partial charge in [-0.1, -0.05) is 19.1 Å². The van der Waals surface area contributed by atoms with Crippen molar-refractivity contribution in [2.24, 2.45) is 0 Å². The number of carbonyl (C=O) groups is 1. The molecule has 0 unspecified atom stereocenters. The Balaban J connectivity index is 0.00000180. The van der Waals surface area contributed by atoms with Crippen LogP contribution in [0.25, 0.3) is 0 Å². The number of hydrogen-bond acceptors (Lipinski definition) is 3. The Morgan fingerprint density at radius 1 is 1.30 bits per heavy atom. The first kappa shape index (κ1) is 19.2. The fourth-order valence-electron chi connectivity index (χ4n) is 2.14. The van der Waals surface area contributed by atoms with Gasteiger partial charge in [-0.3, -0.25) is 9.69 Å². The summed E-state index contributed by atoms with van der Waals surface area (Å²) in [5.74, 6) is 0.0742. The van der Waals surface area contributed by atoms with Crippen molar-refractivity contribution in [1.82, 2.24) is 10.2 Å². The van der Waals surface area contributed by atoms with E-state index < -0.39 is 0 Å². The predicted octanol–water partition coefficient (Wildman–Crippen LogP) is 1.94. The van der Waals surface area contributed by atoms with E-state index >= 15 is 0 Å². The normalized spacial score (nSPS) is 14.8. The van der Waals surface area contributed by atoms with E-state index in [0.717, 1.165) is 38.3 Å². The highest BCUT2D eigenvalue weighted by atomic mass is 35.5. The fraction of sp³-hybridized carbons (Fsp3) is 0.500. The maximum Gasteiger partial charge on any atom is 0.238 e. The number of rotatable bonds is 4. The lowest BCUT2D eigenvalue weighted by atomic mass is 10.1. The van der Waals surface area contributed by atoms with Crippen LogP contribution in [-0.2, 0) is 11.2 Å². The Labute approximate surface area is 133 Å². The van der Waals surface area contributed by atoms with Gasteiger partial charge in [0.2, 0.25) is 5.91 Å². The average Bonchev–Trinajstić information content (AvgIpc) is 2.40. The smallest absolute Gasteiger partial charge is 0.238 e. The maximum absolute atomic E-state index is 11.9. The van der Waals surface area contributed by atoms with E-state index in [1.54, 1.807) is 0 Å². The van der Waals surface area contributed by atoms with Crippen LogP contribution in [0.15, 0.2) is 24.3 Å². The molecular weight excluding hydrogens is 297 g/mol. The highest BCUT2D eigenvalue weighted by molar-refractivity contribution is 5.92. The van der Waals surface area contributed by atoms with Crippen LogP contribution in [0.2, 0.25) is 0 Å². The lowest BCUT2D eigenvalue weighted by molar-refractivity contribution is -0.117. The van der Waals surface area contributed by atoms with Gasteiger partial charge in [0.25, 0.3) is 0 Å². The molecule has 1 saturated heterocycles. The van der Waals surface area contributed by atoms with Crippen LogP contribution in [0.4, 0.5) is 5.69 Å². The van der Waals surface area contributed by atoms with Crippen molar-refractivity contribution in [1.29, 1.82) is 0 Å². The zero-order chi connectivity index (χ0) is 12.8. The molecule has 1 aliphatic rings. The summed E-state index contributed by atoms with van der Waals surface area (Å²) < 4.78 is 0. The van der Waals surface area contributed by atoms with Crippen molar-refractivity contribution in [3.05, 3.63) is 29.8 Å². The lowest BCUT2D eigenvalue weighted by Crippen LogP contribution is -2.46. The molecule has 1 aromatic carbocycles. The lowest BCUT2D eigenvalue weighted by Gasteiger charge is -2.26. The predicted molar refractivity (Wildman–Crippen MR) is 88.3 cm³/mol.